The number of alkyl halides is 8. The van der Waals surface area contributed by atoms with Crippen molar-refractivity contribution in [2.75, 3.05) is 0 Å². The molecule has 36 heavy (non-hydrogen) atoms. The number of aromatic nitrogens is 4. The number of imidazole rings is 1. The van der Waals surface area contributed by atoms with Crippen LogP contribution in [0.1, 0.15) is 34.5 Å². The number of halogens is 9. The van der Waals surface area contributed by atoms with Crippen LogP contribution in [-0.2, 0) is 26.2 Å². The van der Waals surface area contributed by atoms with Crippen LogP contribution in [0.3, 0.4) is 0 Å². The molecule has 6 nitrogen and oxygen atoms in total. The molecule has 3 aromatic rings. The Bertz CT molecular complexity index is 1340. The predicted octanol–water partition coefficient (Wildman–Crippen LogP) is 5.71. The summed E-state index contributed by atoms with van der Waals surface area (Å²) in [7, 11) is 2.04. The summed E-state index contributed by atoms with van der Waals surface area (Å²) < 4.78 is 110. The van der Waals surface area contributed by atoms with Crippen LogP contribution in [0.25, 0.3) is 22.8 Å². The lowest BCUT2D eigenvalue weighted by Crippen LogP contribution is -2.36. The van der Waals surface area contributed by atoms with E-state index in [1.165, 1.54) is 25.2 Å². The summed E-state index contributed by atoms with van der Waals surface area (Å²) in [5.74, 6) is -6.91. The third kappa shape index (κ3) is 4.42. The second-order valence-corrected chi connectivity index (χ2v) is 8.64. The predicted molar refractivity (Wildman–Crippen MR) is 111 cm³/mol. The second kappa shape index (κ2) is 8.46. The number of nitrogens with one attached hydrogen (secondary N) is 1. The van der Waals surface area contributed by atoms with Crippen LogP contribution < -0.4 is 5.32 Å². The summed E-state index contributed by atoms with van der Waals surface area (Å²) in [6, 6.07) is 4.24. The van der Waals surface area contributed by atoms with Gasteiger partial charge >= 0.3 is 18.3 Å². The zero-order valence-electron chi connectivity index (χ0n) is 18.4. The van der Waals surface area contributed by atoms with Crippen LogP contribution in [0.5, 0.6) is 0 Å². The molecule has 2 aromatic heterocycles. The van der Waals surface area contributed by atoms with Crippen molar-refractivity contribution in [3.63, 3.8) is 0 Å². The minimum atomic E-state index is -6.31. The number of rotatable bonds is 5. The van der Waals surface area contributed by atoms with Gasteiger partial charge in [0, 0.05) is 25.7 Å². The highest BCUT2D eigenvalue weighted by Gasteiger charge is 2.64. The summed E-state index contributed by atoms with van der Waals surface area (Å²) in [6.07, 6.45) is -9.21. The van der Waals surface area contributed by atoms with Gasteiger partial charge in [0.1, 0.15) is 11.3 Å². The Labute approximate surface area is 202 Å². The Morgan fingerprint density at radius 3 is 2.28 bits per heavy atom. The molecule has 0 radical (unpaired) electrons. The Hall–Kier alpha value is -3.16. The third-order valence-electron chi connectivity index (χ3n) is 5.60. The van der Waals surface area contributed by atoms with Crippen LogP contribution in [-0.4, -0.2) is 37.5 Å². The minimum Gasteiger partial charge on any atom is -0.349 e. The van der Waals surface area contributed by atoms with Crippen molar-refractivity contribution in [2.24, 2.45) is 14.1 Å². The van der Waals surface area contributed by atoms with E-state index < -0.39 is 47.0 Å². The van der Waals surface area contributed by atoms with Gasteiger partial charge in [0.15, 0.2) is 11.5 Å². The molecule has 1 fully saturated rings. The Morgan fingerprint density at radius 1 is 1.08 bits per heavy atom. The van der Waals surface area contributed by atoms with Crippen molar-refractivity contribution in [3.05, 3.63) is 46.2 Å². The topological polar surface area (TPSA) is 64.7 Å². The Kier molecular flexibility index (Phi) is 6.09. The van der Waals surface area contributed by atoms with Gasteiger partial charge in [-0.05, 0) is 25.0 Å². The van der Waals surface area contributed by atoms with E-state index in [4.69, 9.17) is 11.6 Å². The van der Waals surface area contributed by atoms with Crippen LogP contribution in [0.4, 0.5) is 35.1 Å². The molecular formula is C21H16ClF8N5O. The van der Waals surface area contributed by atoms with Crippen LogP contribution in [0.15, 0.2) is 24.4 Å². The molecule has 0 aliphatic heterocycles. The van der Waals surface area contributed by atoms with Gasteiger partial charge in [-0.2, -0.15) is 40.2 Å². The van der Waals surface area contributed by atoms with Crippen LogP contribution in [0, 0.1) is 0 Å². The van der Waals surface area contributed by atoms with Gasteiger partial charge < -0.3 is 9.88 Å². The van der Waals surface area contributed by atoms with E-state index in [1.54, 1.807) is 0 Å². The van der Waals surface area contributed by atoms with Gasteiger partial charge in [-0.25, -0.2) is 4.98 Å². The highest BCUT2D eigenvalue weighted by molar-refractivity contribution is 6.34. The molecule has 0 unspecified atom stereocenters. The van der Waals surface area contributed by atoms with E-state index in [0.717, 1.165) is 30.7 Å². The number of carbonyl (C=O) groups excluding carboxylic acids is 1. The number of carbonyl (C=O) groups is 1. The first-order valence-corrected chi connectivity index (χ1v) is 10.6. The summed E-state index contributed by atoms with van der Waals surface area (Å²) in [5, 5.41) is 5.77. The van der Waals surface area contributed by atoms with Gasteiger partial charge in [0.25, 0.3) is 5.91 Å². The van der Waals surface area contributed by atoms with Gasteiger partial charge in [0.05, 0.1) is 22.5 Å². The van der Waals surface area contributed by atoms with Gasteiger partial charge in [-0.1, -0.05) is 17.7 Å². The molecule has 2 heterocycles. The number of hydrogen-bond acceptors (Lipinski definition) is 3. The maximum absolute atomic E-state index is 14.0. The van der Waals surface area contributed by atoms with Gasteiger partial charge in [-0.3, -0.25) is 9.48 Å². The standard InChI is InChI=1S/C21H16ClF8N5O/c1-34-13(9-3-6-12(22)11(7-9)18(36)32-10-4-5-10)8-31-17(34)15-14(20(25,26)27)16(33-35(15)2)19(23,24)21(28,29)30/h3,6-8,10H,4-5H2,1-2H3,(H,32,36). The van der Waals surface area contributed by atoms with Crippen molar-refractivity contribution in [2.45, 2.75) is 37.2 Å². The highest BCUT2D eigenvalue weighted by Crippen LogP contribution is 2.50. The molecule has 1 aliphatic carbocycles. The average molecular weight is 542 g/mol. The van der Waals surface area contributed by atoms with Crippen molar-refractivity contribution in [1.29, 1.82) is 0 Å². The molecule has 1 saturated carbocycles. The Balaban J connectivity index is 1.84. The molecule has 0 saturated heterocycles. The highest BCUT2D eigenvalue weighted by atomic mass is 35.5. The van der Waals surface area contributed by atoms with E-state index in [1.807, 2.05) is 0 Å². The third-order valence-corrected chi connectivity index (χ3v) is 5.93. The molecule has 0 bridgehead atoms. The molecule has 1 aliphatic rings. The molecule has 4 rings (SSSR count). The molecule has 1 amide bonds. The Morgan fingerprint density at radius 2 is 1.72 bits per heavy atom. The fourth-order valence-corrected chi connectivity index (χ4v) is 3.85. The molecule has 1 aromatic carbocycles. The lowest BCUT2D eigenvalue weighted by Gasteiger charge is -2.19. The number of aryl methyl sites for hydroxylation is 1. The average Bonchev–Trinajstić information content (AvgIpc) is 3.37. The lowest BCUT2D eigenvalue weighted by molar-refractivity contribution is -0.292. The number of nitrogens with zero attached hydrogens (tertiary/aromatic N) is 4. The summed E-state index contributed by atoms with van der Waals surface area (Å²) >= 11 is 6.11. The van der Waals surface area contributed by atoms with Gasteiger partial charge in [-0.15, -0.1) is 0 Å². The zero-order chi connectivity index (χ0) is 26.8. The summed E-state index contributed by atoms with van der Waals surface area (Å²) in [5.41, 5.74) is -5.30. The van der Waals surface area contributed by atoms with E-state index in [-0.39, 0.29) is 32.6 Å². The fraction of sp³-hybridized carbons (Fsp3) is 0.381. The summed E-state index contributed by atoms with van der Waals surface area (Å²) in [6.45, 7) is 0. The normalized spacial score (nSPS) is 14.9. The first-order valence-electron chi connectivity index (χ1n) is 10.3. The first kappa shape index (κ1) is 25.9. The van der Waals surface area contributed by atoms with Gasteiger partial charge in [0.2, 0.25) is 0 Å². The van der Waals surface area contributed by atoms with Crippen molar-refractivity contribution in [1.82, 2.24) is 24.6 Å². The summed E-state index contributed by atoms with van der Waals surface area (Å²) in [4.78, 5) is 16.3. The zero-order valence-corrected chi connectivity index (χ0v) is 19.2. The molecule has 0 spiro atoms. The first-order chi connectivity index (χ1) is 16.5. The van der Waals surface area contributed by atoms with E-state index >= 15 is 0 Å². The minimum absolute atomic E-state index is 0.0233. The van der Waals surface area contributed by atoms with Crippen molar-refractivity contribution in [3.8, 4) is 22.8 Å². The fourth-order valence-electron chi connectivity index (χ4n) is 3.65. The van der Waals surface area contributed by atoms with E-state index in [0.29, 0.717) is 0 Å². The molecule has 0 atom stereocenters. The SMILES string of the molecule is Cn1nc(C(F)(F)C(F)(F)F)c(C(F)(F)F)c1-c1ncc(-c2ccc(Cl)c(C(=O)NC3CC3)c2)n1C. The lowest BCUT2D eigenvalue weighted by atomic mass is 10.1. The largest absolute Gasteiger partial charge is 0.459 e. The quantitative estimate of drug-likeness (QED) is 0.421. The second-order valence-electron chi connectivity index (χ2n) is 8.23. The van der Waals surface area contributed by atoms with Crippen molar-refractivity contribution < 1.29 is 39.9 Å². The number of benzene rings is 1. The maximum atomic E-state index is 14.0. The molecule has 194 valence electrons. The van der Waals surface area contributed by atoms with Crippen LogP contribution >= 0.6 is 11.6 Å². The molecular weight excluding hydrogens is 526 g/mol. The molecule has 15 heteroatoms. The van der Waals surface area contributed by atoms with Crippen molar-refractivity contribution >= 4 is 17.5 Å². The molecule has 1 N–H and O–H groups in total. The smallest absolute Gasteiger partial charge is 0.349 e. The van der Waals surface area contributed by atoms with E-state index in [9.17, 15) is 39.9 Å². The number of amides is 1. The van der Waals surface area contributed by atoms with Crippen LogP contribution in [0.2, 0.25) is 5.02 Å². The monoisotopic (exact) mass is 541 g/mol. The number of hydrogen-bond donors (Lipinski definition) is 1. The maximum Gasteiger partial charge on any atom is 0.459 e. The van der Waals surface area contributed by atoms with E-state index in [2.05, 4.69) is 15.4 Å².